The Bertz CT molecular complexity index is 765. The molecular formula is C20H20N2O2. The van der Waals surface area contributed by atoms with Crippen LogP contribution in [0.2, 0.25) is 0 Å². The van der Waals surface area contributed by atoms with E-state index in [2.05, 4.69) is 22.8 Å². The van der Waals surface area contributed by atoms with Crippen molar-refractivity contribution < 1.29 is 9.21 Å². The summed E-state index contributed by atoms with van der Waals surface area (Å²) in [5.74, 6) is 0.732. The Labute approximate surface area is 141 Å². The Balaban J connectivity index is 1.53. The van der Waals surface area contributed by atoms with E-state index >= 15 is 0 Å². The summed E-state index contributed by atoms with van der Waals surface area (Å²) in [6.45, 7) is 2.18. The van der Waals surface area contributed by atoms with Gasteiger partial charge in [-0.2, -0.15) is 0 Å². The molecule has 4 heteroatoms. The summed E-state index contributed by atoms with van der Waals surface area (Å²) < 4.78 is 5.31. The number of amides is 1. The maximum absolute atomic E-state index is 12.0. The zero-order valence-electron chi connectivity index (χ0n) is 13.5. The molecule has 2 N–H and O–H groups in total. The molecule has 122 valence electrons. The molecule has 0 fully saturated rings. The van der Waals surface area contributed by atoms with Crippen molar-refractivity contribution in [3.63, 3.8) is 0 Å². The SMILES string of the molecule is C[C@@H](NCC(=O)Nc1ccc(-c2ccccc2)cc1)c1ccco1. The van der Waals surface area contributed by atoms with Crippen LogP contribution in [0.25, 0.3) is 11.1 Å². The van der Waals surface area contributed by atoms with Crippen LogP contribution in [-0.2, 0) is 4.79 Å². The fourth-order valence-corrected chi connectivity index (χ4v) is 2.47. The quantitative estimate of drug-likeness (QED) is 0.714. The summed E-state index contributed by atoms with van der Waals surface area (Å²) >= 11 is 0. The van der Waals surface area contributed by atoms with E-state index in [1.165, 1.54) is 0 Å². The Morgan fingerprint density at radius 1 is 0.958 bits per heavy atom. The molecule has 24 heavy (non-hydrogen) atoms. The van der Waals surface area contributed by atoms with Crippen molar-refractivity contribution in [1.82, 2.24) is 5.32 Å². The van der Waals surface area contributed by atoms with Gasteiger partial charge in [0.05, 0.1) is 18.8 Å². The second-order valence-corrected chi connectivity index (χ2v) is 5.61. The molecule has 2 aromatic carbocycles. The maximum Gasteiger partial charge on any atom is 0.238 e. The third kappa shape index (κ3) is 4.12. The van der Waals surface area contributed by atoms with Crippen LogP contribution in [0.5, 0.6) is 0 Å². The number of hydrogen-bond donors (Lipinski definition) is 2. The minimum absolute atomic E-state index is 0.00814. The van der Waals surface area contributed by atoms with Gasteiger partial charge in [-0.25, -0.2) is 0 Å². The predicted octanol–water partition coefficient (Wildman–Crippen LogP) is 4.24. The van der Waals surface area contributed by atoms with Crippen molar-refractivity contribution in [3.8, 4) is 11.1 Å². The first-order valence-corrected chi connectivity index (χ1v) is 7.94. The van der Waals surface area contributed by atoms with Gasteiger partial charge in [-0.15, -0.1) is 0 Å². The highest BCUT2D eigenvalue weighted by atomic mass is 16.3. The van der Waals surface area contributed by atoms with Crippen molar-refractivity contribution in [3.05, 3.63) is 78.8 Å². The van der Waals surface area contributed by atoms with Gasteiger partial charge in [0.2, 0.25) is 5.91 Å². The first-order chi connectivity index (χ1) is 11.7. The Kier molecular flexibility index (Phi) is 5.08. The van der Waals surface area contributed by atoms with Crippen LogP contribution >= 0.6 is 0 Å². The van der Waals surface area contributed by atoms with Gasteiger partial charge in [-0.1, -0.05) is 42.5 Å². The summed E-state index contributed by atoms with van der Waals surface area (Å²) in [4.78, 5) is 12.0. The molecule has 4 nitrogen and oxygen atoms in total. The molecule has 0 aliphatic heterocycles. The standard InChI is InChI=1S/C20H20N2O2/c1-15(19-8-5-13-24-19)21-14-20(23)22-18-11-9-17(10-12-18)16-6-3-2-4-7-16/h2-13,15,21H,14H2,1H3,(H,22,23)/t15-/m1/s1. The molecule has 0 aliphatic carbocycles. The molecule has 0 radical (unpaired) electrons. The molecule has 0 spiro atoms. The van der Waals surface area contributed by atoms with Crippen LogP contribution in [0.1, 0.15) is 18.7 Å². The molecule has 0 saturated heterocycles. The topological polar surface area (TPSA) is 54.3 Å². The minimum atomic E-state index is -0.0825. The van der Waals surface area contributed by atoms with E-state index in [-0.39, 0.29) is 18.5 Å². The summed E-state index contributed by atoms with van der Waals surface area (Å²) in [7, 11) is 0. The smallest absolute Gasteiger partial charge is 0.238 e. The molecule has 3 aromatic rings. The molecule has 0 aliphatic rings. The lowest BCUT2D eigenvalue weighted by molar-refractivity contribution is -0.115. The second kappa shape index (κ2) is 7.62. The summed E-state index contributed by atoms with van der Waals surface area (Å²) in [6.07, 6.45) is 1.63. The van der Waals surface area contributed by atoms with E-state index in [1.807, 2.05) is 61.5 Å². The number of furan rings is 1. The highest BCUT2D eigenvalue weighted by Gasteiger charge is 2.10. The largest absolute Gasteiger partial charge is 0.468 e. The van der Waals surface area contributed by atoms with Crippen molar-refractivity contribution in [1.29, 1.82) is 0 Å². The molecule has 0 saturated carbocycles. The van der Waals surface area contributed by atoms with Gasteiger partial charge < -0.3 is 9.73 Å². The van der Waals surface area contributed by atoms with Crippen LogP contribution in [0, 0.1) is 0 Å². The van der Waals surface area contributed by atoms with Crippen LogP contribution in [0.4, 0.5) is 5.69 Å². The van der Waals surface area contributed by atoms with E-state index in [0.29, 0.717) is 0 Å². The van der Waals surface area contributed by atoms with Crippen LogP contribution in [0.3, 0.4) is 0 Å². The zero-order chi connectivity index (χ0) is 16.8. The maximum atomic E-state index is 12.0. The average molecular weight is 320 g/mol. The van der Waals surface area contributed by atoms with Gasteiger partial charge >= 0.3 is 0 Å². The van der Waals surface area contributed by atoms with Crippen LogP contribution in [-0.4, -0.2) is 12.5 Å². The zero-order valence-corrected chi connectivity index (χ0v) is 13.5. The molecule has 1 amide bonds. The van der Waals surface area contributed by atoms with Crippen molar-refractivity contribution in [2.24, 2.45) is 0 Å². The Hall–Kier alpha value is -2.85. The lowest BCUT2D eigenvalue weighted by atomic mass is 10.1. The van der Waals surface area contributed by atoms with Gasteiger partial charge in [-0.3, -0.25) is 10.1 Å². The summed E-state index contributed by atoms with van der Waals surface area (Å²) in [5, 5.41) is 6.03. The highest BCUT2D eigenvalue weighted by molar-refractivity contribution is 5.92. The van der Waals surface area contributed by atoms with Gasteiger partial charge in [0.1, 0.15) is 5.76 Å². The fraction of sp³-hybridized carbons (Fsp3) is 0.150. The van der Waals surface area contributed by atoms with E-state index < -0.39 is 0 Å². The molecule has 3 rings (SSSR count). The van der Waals surface area contributed by atoms with Crippen molar-refractivity contribution in [2.75, 3.05) is 11.9 Å². The number of rotatable bonds is 6. The number of benzene rings is 2. The third-order valence-corrected chi connectivity index (χ3v) is 3.81. The fourth-order valence-electron chi connectivity index (χ4n) is 2.47. The summed E-state index contributed by atoms with van der Waals surface area (Å²) in [6, 6.07) is 21.7. The lowest BCUT2D eigenvalue weighted by Crippen LogP contribution is -2.29. The molecule has 1 atom stereocenters. The van der Waals surface area contributed by atoms with Crippen molar-refractivity contribution >= 4 is 11.6 Å². The van der Waals surface area contributed by atoms with Crippen LogP contribution < -0.4 is 10.6 Å². The molecule has 0 bridgehead atoms. The lowest BCUT2D eigenvalue weighted by Gasteiger charge is -2.11. The molecule has 1 aromatic heterocycles. The number of carbonyl (C=O) groups excluding carboxylic acids is 1. The average Bonchev–Trinajstić information content (AvgIpc) is 3.16. The van der Waals surface area contributed by atoms with E-state index in [0.717, 1.165) is 22.6 Å². The number of carbonyl (C=O) groups is 1. The minimum Gasteiger partial charge on any atom is -0.468 e. The normalized spacial score (nSPS) is 11.9. The highest BCUT2D eigenvalue weighted by Crippen LogP contribution is 2.21. The van der Waals surface area contributed by atoms with Crippen LogP contribution in [0.15, 0.2) is 77.4 Å². The first kappa shape index (κ1) is 16.0. The number of nitrogens with one attached hydrogen (secondary N) is 2. The van der Waals surface area contributed by atoms with E-state index in [4.69, 9.17) is 4.42 Å². The van der Waals surface area contributed by atoms with E-state index in [9.17, 15) is 4.79 Å². The number of anilines is 1. The van der Waals surface area contributed by atoms with Crippen molar-refractivity contribution in [2.45, 2.75) is 13.0 Å². The van der Waals surface area contributed by atoms with Gasteiger partial charge in [0.15, 0.2) is 0 Å². The molecule has 1 heterocycles. The Morgan fingerprint density at radius 3 is 2.33 bits per heavy atom. The Morgan fingerprint density at radius 2 is 1.67 bits per heavy atom. The second-order valence-electron chi connectivity index (χ2n) is 5.61. The molecular weight excluding hydrogens is 300 g/mol. The monoisotopic (exact) mass is 320 g/mol. The van der Waals surface area contributed by atoms with Gasteiger partial charge in [0, 0.05) is 5.69 Å². The summed E-state index contributed by atoms with van der Waals surface area (Å²) in [5.41, 5.74) is 3.06. The van der Waals surface area contributed by atoms with Gasteiger partial charge in [0.25, 0.3) is 0 Å². The molecule has 0 unspecified atom stereocenters. The van der Waals surface area contributed by atoms with E-state index in [1.54, 1.807) is 6.26 Å². The third-order valence-electron chi connectivity index (χ3n) is 3.81. The van der Waals surface area contributed by atoms with Gasteiger partial charge in [-0.05, 0) is 42.3 Å². The number of hydrogen-bond acceptors (Lipinski definition) is 3. The first-order valence-electron chi connectivity index (χ1n) is 7.94. The predicted molar refractivity (Wildman–Crippen MR) is 95.6 cm³/mol.